The second-order valence-corrected chi connectivity index (χ2v) is 4.43. The van der Waals surface area contributed by atoms with Gasteiger partial charge in [0.2, 0.25) is 0 Å². The lowest BCUT2D eigenvalue weighted by atomic mass is 10.0. The molecular weight excluding hydrogens is 196 g/mol. The van der Waals surface area contributed by atoms with Crippen molar-refractivity contribution in [1.82, 2.24) is 4.98 Å². The molecule has 16 heavy (non-hydrogen) atoms. The van der Waals surface area contributed by atoms with Crippen LogP contribution in [0.4, 0.5) is 5.69 Å². The van der Waals surface area contributed by atoms with Gasteiger partial charge in [0.1, 0.15) is 0 Å². The van der Waals surface area contributed by atoms with Gasteiger partial charge in [-0.25, -0.2) is 0 Å². The summed E-state index contributed by atoms with van der Waals surface area (Å²) in [4.78, 5) is 4.67. The van der Waals surface area contributed by atoms with Crippen LogP contribution >= 0.6 is 0 Å². The SMILES string of the molecule is CCCc1cc(N)c2c(C)cc(C)cc2n1. The number of benzene rings is 1. The van der Waals surface area contributed by atoms with Crippen molar-refractivity contribution >= 4 is 16.6 Å². The van der Waals surface area contributed by atoms with Crippen molar-refractivity contribution in [3.63, 3.8) is 0 Å². The monoisotopic (exact) mass is 214 g/mol. The predicted octanol–water partition coefficient (Wildman–Crippen LogP) is 3.39. The van der Waals surface area contributed by atoms with Gasteiger partial charge in [-0.15, -0.1) is 0 Å². The first-order valence-electron chi connectivity index (χ1n) is 5.78. The van der Waals surface area contributed by atoms with Gasteiger partial charge in [-0.3, -0.25) is 4.98 Å². The fourth-order valence-electron chi connectivity index (χ4n) is 2.23. The van der Waals surface area contributed by atoms with Gasteiger partial charge in [-0.05, 0) is 43.5 Å². The summed E-state index contributed by atoms with van der Waals surface area (Å²) < 4.78 is 0. The maximum Gasteiger partial charge on any atom is 0.0731 e. The van der Waals surface area contributed by atoms with E-state index < -0.39 is 0 Å². The van der Waals surface area contributed by atoms with E-state index in [-0.39, 0.29) is 0 Å². The van der Waals surface area contributed by atoms with Crippen molar-refractivity contribution in [2.45, 2.75) is 33.6 Å². The van der Waals surface area contributed by atoms with Crippen molar-refractivity contribution in [3.8, 4) is 0 Å². The number of fused-ring (bicyclic) bond motifs is 1. The molecule has 1 heterocycles. The quantitative estimate of drug-likeness (QED) is 0.832. The molecule has 0 atom stereocenters. The fourth-order valence-corrected chi connectivity index (χ4v) is 2.23. The Labute approximate surface area is 96.5 Å². The van der Waals surface area contributed by atoms with Gasteiger partial charge in [0.15, 0.2) is 0 Å². The molecule has 0 saturated carbocycles. The highest BCUT2D eigenvalue weighted by molar-refractivity contribution is 5.93. The number of nitrogens with zero attached hydrogens (tertiary/aromatic N) is 1. The number of rotatable bonds is 2. The van der Waals surface area contributed by atoms with Crippen molar-refractivity contribution < 1.29 is 0 Å². The Morgan fingerprint density at radius 2 is 1.94 bits per heavy atom. The molecule has 0 aliphatic heterocycles. The normalized spacial score (nSPS) is 10.9. The van der Waals surface area contributed by atoms with Gasteiger partial charge in [-0.1, -0.05) is 19.4 Å². The van der Waals surface area contributed by atoms with Crippen LogP contribution in [0, 0.1) is 13.8 Å². The maximum absolute atomic E-state index is 6.10. The average molecular weight is 214 g/mol. The van der Waals surface area contributed by atoms with Crippen molar-refractivity contribution in [2.75, 3.05) is 5.73 Å². The molecule has 2 nitrogen and oxygen atoms in total. The van der Waals surface area contributed by atoms with Gasteiger partial charge >= 0.3 is 0 Å². The predicted molar refractivity (Wildman–Crippen MR) is 69.6 cm³/mol. The number of nitrogen functional groups attached to an aromatic ring is 1. The van der Waals surface area contributed by atoms with Gasteiger partial charge < -0.3 is 5.73 Å². The third-order valence-corrected chi connectivity index (χ3v) is 2.84. The number of anilines is 1. The molecule has 0 unspecified atom stereocenters. The fraction of sp³-hybridized carbons (Fsp3) is 0.357. The van der Waals surface area contributed by atoms with Crippen molar-refractivity contribution in [1.29, 1.82) is 0 Å². The standard InChI is InChI=1S/C14H18N2/c1-4-5-11-8-12(15)14-10(3)6-9(2)7-13(14)16-11/h6-8H,4-5H2,1-3H3,(H2,15,16). The van der Waals surface area contributed by atoms with E-state index in [1.54, 1.807) is 0 Å². The Morgan fingerprint density at radius 3 is 2.62 bits per heavy atom. The zero-order valence-corrected chi connectivity index (χ0v) is 10.2. The highest BCUT2D eigenvalue weighted by Gasteiger charge is 2.06. The molecule has 0 radical (unpaired) electrons. The summed E-state index contributed by atoms with van der Waals surface area (Å²) in [5, 5.41) is 1.10. The summed E-state index contributed by atoms with van der Waals surface area (Å²) in [5.41, 5.74) is 11.5. The molecule has 0 spiro atoms. The molecule has 1 aromatic carbocycles. The van der Waals surface area contributed by atoms with Crippen LogP contribution in [0.3, 0.4) is 0 Å². The van der Waals surface area contributed by atoms with E-state index in [1.165, 1.54) is 11.1 Å². The smallest absolute Gasteiger partial charge is 0.0731 e. The van der Waals surface area contributed by atoms with E-state index in [4.69, 9.17) is 5.73 Å². The van der Waals surface area contributed by atoms with E-state index in [0.717, 1.165) is 35.1 Å². The number of pyridine rings is 1. The minimum atomic E-state index is 0.853. The van der Waals surface area contributed by atoms with Crippen molar-refractivity contribution in [3.05, 3.63) is 35.0 Å². The van der Waals surface area contributed by atoms with E-state index in [0.29, 0.717) is 0 Å². The molecule has 0 aliphatic carbocycles. The second kappa shape index (κ2) is 4.12. The van der Waals surface area contributed by atoms with Crippen LogP contribution in [0.25, 0.3) is 10.9 Å². The largest absolute Gasteiger partial charge is 0.398 e. The molecule has 2 N–H and O–H groups in total. The molecule has 2 aromatic rings. The zero-order chi connectivity index (χ0) is 11.7. The lowest BCUT2D eigenvalue weighted by Crippen LogP contribution is -1.97. The van der Waals surface area contributed by atoms with Gasteiger partial charge in [0, 0.05) is 16.8 Å². The summed E-state index contributed by atoms with van der Waals surface area (Å²) >= 11 is 0. The number of aromatic nitrogens is 1. The number of aryl methyl sites for hydroxylation is 3. The molecule has 0 amide bonds. The third kappa shape index (κ3) is 1.87. The minimum absolute atomic E-state index is 0.853. The third-order valence-electron chi connectivity index (χ3n) is 2.84. The molecule has 1 aromatic heterocycles. The first-order valence-corrected chi connectivity index (χ1v) is 5.78. The van der Waals surface area contributed by atoms with Crippen LogP contribution in [0.15, 0.2) is 18.2 Å². The molecule has 84 valence electrons. The molecule has 0 bridgehead atoms. The summed E-state index contributed by atoms with van der Waals surface area (Å²) in [5.74, 6) is 0. The highest BCUT2D eigenvalue weighted by atomic mass is 14.7. The molecule has 2 heteroatoms. The number of nitrogens with two attached hydrogens (primary N) is 1. The Kier molecular flexibility index (Phi) is 2.82. The van der Waals surface area contributed by atoms with Crippen LogP contribution in [0.1, 0.15) is 30.2 Å². The Morgan fingerprint density at radius 1 is 1.19 bits per heavy atom. The molecule has 0 aliphatic rings. The van der Waals surface area contributed by atoms with Crippen LogP contribution in [-0.4, -0.2) is 4.98 Å². The van der Waals surface area contributed by atoms with Crippen LogP contribution in [-0.2, 0) is 6.42 Å². The lowest BCUT2D eigenvalue weighted by molar-refractivity contribution is 0.890. The van der Waals surface area contributed by atoms with E-state index in [1.807, 2.05) is 6.07 Å². The molecule has 0 saturated heterocycles. The highest BCUT2D eigenvalue weighted by Crippen LogP contribution is 2.25. The van der Waals surface area contributed by atoms with E-state index >= 15 is 0 Å². The first kappa shape index (κ1) is 10.9. The summed E-state index contributed by atoms with van der Waals surface area (Å²) in [7, 11) is 0. The van der Waals surface area contributed by atoms with E-state index in [9.17, 15) is 0 Å². The van der Waals surface area contributed by atoms with Gasteiger partial charge in [0.05, 0.1) is 5.52 Å². The zero-order valence-electron chi connectivity index (χ0n) is 10.2. The number of hydrogen-bond acceptors (Lipinski definition) is 2. The van der Waals surface area contributed by atoms with Crippen LogP contribution in [0.2, 0.25) is 0 Å². The maximum atomic E-state index is 6.10. The van der Waals surface area contributed by atoms with Gasteiger partial charge in [-0.2, -0.15) is 0 Å². The van der Waals surface area contributed by atoms with E-state index in [2.05, 4.69) is 37.9 Å². The second-order valence-electron chi connectivity index (χ2n) is 4.43. The lowest BCUT2D eigenvalue weighted by Gasteiger charge is -2.09. The molecule has 0 fully saturated rings. The first-order chi connectivity index (χ1) is 7.61. The average Bonchev–Trinajstić information content (AvgIpc) is 2.15. The summed E-state index contributed by atoms with van der Waals surface area (Å²) in [6, 6.07) is 6.27. The Balaban J connectivity index is 2.71. The van der Waals surface area contributed by atoms with Crippen LogP contribution < -0.4 is 5.73 Å². The summed E-state index contributed by atoms with van der Waals surface area (Å²) in [6.07, 6.45) is 2.09. The topological polar surface area (TPSA) is 38.9 Å². The Hall–Kier alpha value is -1.57. The minimum Gasteiger partial charge on any atom is -0.398 e. The van der Waals surface area contributed by atoms with Crippen LogP contribution in [0.5, 0.6) is 0 Å². The summed E-state index contributed by atoms with van der Waals surface area (Å²) in [6.45, 7) is 6.34. The molecule has 2 rings (SSSR count). The van der Waals surface area contributed by atoms with Crippen molar-refractivity contribution in [2.24, 2.45) is 0 Å². The number of hydrogen-bond donors (Lipinski definition) is 1. The Bertz CT molecular complexity index is 530. The molecular formula is C14H18N2. The van der Waals surface area contributed by atoms with Gasteiger partial charge in [0.25, 0.3) is 0 Å².